The van der Waals surface area contributed by atoms with Gasteiger partial charge in [-0.1, -0.05) is 0 Å². The summed E-state index contributed by atoms with van der Waals surface area (Å²) in [6.45, 7) is 4.02. The third-order valence-corrected chi connectivity index (χ3v) is 2.65. The van der Waals surface area contributed by atoms with E-state index in [1.54, 1.807) is 0 Å². The number of nitrogens with one attached hydrogen (secondary N) is 2. The Hall–Kier alpha value is -2.10. The van der Waals surface area contributed by atoms with Crippen LogP contribution >= 0.6 is 0 Å². The number of carbonyl (C=O) groups is 2. The minimum Gasteiger partial charge on any atom is -0.358 e. The molecule has 1 heterocycles. The van der Waals surface area contributed by atoms with Crippen LogP contribution in [0.4, 0.5) is 11.4 Å². The Morgan fingerprint density at radius 1 is 1.19 bits per heavy atom. The van der Waals surface area contributed by atoms with Gasteiger partial charge in [0, 0.05) is 6.20 Å². The molecule has 1 aromatic carbocycles. The Morgan fingerprint density at radius 2 is 1.81 bits per heavy atom. The second kappa shape index (κ2) is 3.81. The molecule has 0 radical (unpaired) electrons. The van der Waals surface area contributed by atoms with Gasteiger partial charge in [0.05, 0.1) is 11.4 Å². The molecule has 0 aromatic heterocycles. The summed E-state index contributed by atoms with van der Waals surface area (Å²) in [5.74, 6) is -0.559. The molecule has 1 aromatic rings. The summed E-state index contributed by atoms with van der Waals surface area (Å²) in [5, 5.41) is 5.93. The topological polar surface area (TPSA) is 58.2 Å². The van der Waals surface area contributed by atoms with Crippen LogP contribution in [0.15, 0.2) is 24.0 Å². The Kier molecular flexibility index (Phi) is 2.48. The van der Waals surface area contributed by atoms with Crippen molar-refractivity contribution in [2.24, 2.45) is 0 Å². The number of hydrogen-bond acceptors (Lipinski definition) is 4. The number of rotatable bonds is 2. The molecule has 0 saturated carbocycles. The van der Waals surface area contributed by atoms with Gasteiger partial charge in [-0.3, -0.25) is 9.59 Å². The van der Waals surface area contributed by atoms with E-state index in [2.05, 4.69) is 10.6 Å². The zero-order chi connectivity index (χ0) is 11.7. The van der Waals surface area contributed by atoms with Crippen LogP contribution in [0.3, 0.4) is 0 Å². The van der Waals surface area contributed by atoms with Gasteiger partial charge in [0.2, 0.25) is 5.78 Å². The molecule has 0 fully saturated rings. The maximum atomic E-state index is 11.2. The lowest BCUT2D eigenvalue weighted by Crippen LogP contribution is -2.18. The van der Waals surface area contributed by atoms with E-state index in [-0.39, 0.29) is 5.70 Å². The van der Waals surface area contributed by atoms with Crippen LogP contribution in [0.2, 0.25) is 0 Å². The quantitative estimate of drug-likeness (QED) is 0.584. The highest BCUT2D eigenvalue weighted by Gasteiger charge is 2.15. The molecule has 1 aliphatic heterocycles. The third-order valence-electron chi connectivity index (χ3n) is 2.65. The molecule has 0 amide bonds. The minimum absolute atomic E-state index is 0.269. The largest absolute Gasteiger partial charge is 0.358 e. The lowest BCUT2D eigenvalue weighted by Gasteiger charge is -2.20. The molecule has 0 bridgehead atoms. The van der Waals surface area contributed by atoms with Crippen LogP contribution in [-0.4, -0.2) is 12.1 Å². The Bertz CT molecular complexity index is 504. The number of aryl methyl sites for hydroxylation is 2. The van der Waals surface area contributed by atoms with Gasteiger partial charge in [-0.15, -0.1) is 0 Å². The van der Waals surface area contributed by atoms with E-state index < -0.39 is 5.78 Å². The molecule has 1 aliphatic rings. The number of hydrogen-bond donors (Lipinski definition) is 2. The maximum absolute atomic E-state index is 11.2. The summed E-state index contributed by atoms with van der Waals surface area (Å²) < 4.78 is 0. The second-order valence-electron chi connectivity index (χ2n) is 3.79. The average Bonchev–Trinajstić information content (AvgIpc) is 2.29. The summed E-state index contributed by atoms with van der Waals surface area (Å²) in [6, 6.07) is 3.94. The Labute approximate surface area is 93.3 Å². The summed E-state index contributed by atoms with van der Waals surface area (Å²) in [7, 11) is 0. The van der Waals surface area contributed by atoms with Crippen molar-refractivity contribution < 1.29 is 9.59 Å². The van der Waals surface area contributed by atoms with E-state index >= 15 is 0 Å². The molecular weight excluding hydrogens is 204 g/mol. The van der Waals surface area contributed by atoms with Crippen molar-refractivity contribution >= 4 is 23.4 Å². The van der Waals surface area contributed by atoms with E-state index in [1.165, 1.54) is 11.8 Å². The van der Waals surface area contributed by atoms with Gasteiger partial charge in [0.1, 0.15) is 5.70 Å². The first kappa shape index (κ1) is 10.4. The van der Waals surface area contributed by atoms with Gasteiger partial charge in [-0.2, -0.15) is 0 Å². The molecule has 0 aliphatic carbocycles. The molecule has 2 N–H and O–H groups in total. The minimum atomic E-state index is -0.559. The molecule has 2 rings (SSSR count). The summed E-state index contributed by atoms with van der Waals surface area (Å²) in [6.07, 6.45) is 1.81. The highest BCUT2D eigenvalue weighted by molar-refractivity contribution is 6.34. The van der Waals surface area contributed by atoms with Gasteiger partial charge in [0.25, 0.3) is 0 Å². The fourth-order valence-corrected chi connectivity index (χ4v) is 1.57. The van der Waals surface area contributed by atoms with Crippen LogP contribution in [0, 0.1) is 13.8 Å². The van der Waals surface area contributed by atoms with Crippen LogP contribution in [-0.2, 0) is 9.59 Å². The zero-order valence-electron chi connectivity index (χ0n) is 9.13. The van der Waals surface area contributed by atoms with Crippen LogP contribution in [0.1, 0.15) is 11.1 Å². The number of Topliss-reactive ketones (excluding diaryl/α,β-unsaturated/α-hetero) is 1. The van der Waals surface area contributed by atoms with Crippen molar-refractivity contribution in [1.29, 1.82) is 0 Å². The molecule has 4 nitrogen and oxygen atoms in total. The number of benzene rings is 1. The highest BCUT2D eigenvalue weighted by atomic mass is 16.2. The van der Waals surface area contributed by atoms with E-state index in [1.807, 2.05) is 26.0 Å². The molecule has 16 heavy (non-hydrogen) atoms. The molecule has 82 valence electrons. The van der Waals surface area contributed by atoms with Gasteiger partial charge in [-0.25, -0.2) is 0 Å². The van der Waals surface area contributed by atoms with Crippen molar-refractivity contribution in [3.05, 3.63) is 35.2 Å². The predicted molar refractivity (Wildman–Crippen MR) is 62.3 cm³/mol. The van der Waals surface area contributed by atoms with Crippen molar-refractivity contribution in [1.82, 2.24) is 0 Å². The zero-order valence-corrected chi connectivity index (χ0v) is 9.13. The summed E-state index contributed by atoms with van der Waals surface area (Å²) in [5.41, 5.74) is 4.30. The lowest BCUT2D eigenvalue weighted by atomic mass is 10.1. The number of aldehydes is 1. The highest BCUT2D eigenvalue weighted by Crippen LogP contribution is 2.29. The maximum Gasteiger partial charge on any atom is 0.242 e. The van der Waals surface area contributed by atoms with Gasteiger partial charge in [0.15, 0.2) is 6.29 Å². The fourth-order valence-electron chi connectivity index (χ4n) is 1.57. The predicted octanol–water partition coefficient (Wildman–Crippen LogP) is 1.75. The number of ketones is 1. The van der Waals surface area contributed by atoms with Crippen LogP contribution in [0.25, 0.3) is 0 Å². The Balaban J connectivity index is 2.36. The van der Waals surface area contributed by atoms with Gasteiger partial charge < -0.3 is 10.6 Å². The Morgan fingerprint density at radius 3 is 2.44 bits per heavy atom. The number of allylic oxidation sites excluding steroid dienone is 1. The first-order chi connectivity index (χ1) is 7.61. The second-order valence-corrected chi connectivity index (χ2v) is 3.79. The third kappa shape index (κ3) is 1.69. The standard InChI is InChI=1S/C12H12N2O2/c1-7-3-9-10(4-8(7)2)14-11(5-13-9)12(16)6-15/h3-6,13-14H,1-2H3. The molecule has 0 atom stereocenters. The van der Waals surface area contributed by atoms with Gasteiger partial charge in [-0.05, 0) is 37.1 Å². The fraction of sp³-hybridized carbons (Fsp3) is 0.167. The average molecular weight is 216 g/mol. The molecule has 0 saturated heterocycles. The van der Waals surface area contributed by atoms with Crippen LogP contribution < -0.4 is 10.6 Å². The van der Waals surface area contributed by atoms with Crippen molar-refractivity contribution in [2.45, 2.75) is 13.8 Å². The number of carbonyl (C=O) groups excluding carboxylic acids is 2. The lowest BCUT2D eigenvalue weighted by molar-refractivity contribution is -0.127. The monoisotopic (exact) mass is 216 g/mol. The van der Waals surface area contributed by atoms with E-state index in [0.717, 1.165) is 16.9 Å². The van der Waals surface area contributed by atoms with E-state index in [0.29, 0.717) is 6.29 Å². The number of fused-ring (bicyclic) bond motifs is 1. The van der Waals surface area contributed by atoms with Gasteiger partial charge >= 0.3 is 0 Å². The summed E-state index contributed by atoms with van der Waals surface area (Å²) in [4.78, 5) is 21.6. The first-order valence-electron chi connectivity index (χ1n) is 4.96. The van der Waals surface area contributed by atoms with E-state index in [4.69, 9.17) is 0 Å². The van der Waals surface area contributed by atoms with Crippen molar-refractivity contribution in [3.63, 3.8) is 0 Å². The summed E-state index contributed by atoms with van der Waals surface area (Å²) >= 11 is 0. The van der Waals surface area contributed by atoms with Crippen LogP contribution in [0.5, 0.6) is 0 Å². The van der Waals surface area contributed by atoms with E-state index in [9.17, 15) is 9.59 Å². The molecule has 4 heteroatoms. The normalized spacial score (nSPS) is 13.0. The SMILES string of the molecule is Cc1cc2c(cc1C)NC(C(=O)C=O)=CN2. The smallest absolute Gasteiger partial charge is 0.242 e. The van der Waals surface area contributed by atoms with Crippen molar-refractivity contribution in [3.8, 4) is 0 Å². The van der Waals surface area contributed by atoms with Crippen molar-refractivity contribution in [2.75, 3.05) is 10.6 Å². The molecule has 0 spiro atoms. The number of anilines is 2. The molecule has 0 unspecified atom stereocenters. The first-order valence-corrected chi connectivity index (χ1v) is 4.96. The molecular formula is C12H12N2O2.